The zero-order valence-corrected chi connectivity index (χ0v) is 14.5. The van der Waals surface area contributed by atoms with Gasteiger partial charge in [-0.05, 0) is 59.5 Å². The Balaban J connectivity index is 1.51. The molecule has 0 aliphatic heterocycles. The van der Waals surface area contributed by atoms with Crippen molar-refractivity contribution in [2.24, 2.45) is 0 Å². The quantitative estimate of drug-likeness (QED) is 0.719. The summed E-state index contributed by atoms with van der Waals surface area (Å²) < 4.78 is 13.1. The molecular weight excluding hydrogens is 333 g/mol. The van der Waals surface area contributed by atoms with Gasteiger partial charge in [-0.2, -0.15) is 0 Å². The van der Waals surface area contributed by atoms with Gasteiger partial charge in [-0.1, -0.05) is 36.4 Å². The largest absolute Gasteiger partial charge is 0.348 e. The minimum atomic E-state index is -0.272. The molecule has 1 aliphatic rings. The molecule has 4 heteroatoms. The van der Waals surface area contributed by atoms with Crippen molar-refractivity contribution in [3.8, 4) is 11.1 Å². The summed E-state index contributed by atoms with van der Waals surface area (Å²) >= 11 is 1.43. The SMILES string of the molecule is O=C(NC1CCc2ccccc2C1)c1sccc1-c1ccc(F)cc1. The van der Waals surface area contributed by atoms with E-state index in [-0.39, 0.29) is 17.8 Å². The molecule has 0 spiro atoms. The Morgan fingerprint density at radius 3 is 2.60 bits per heavy atom. The first kappa shape index (κ1) is 16.0. The highest BCUT2D eigenvalue weighted by atomic mass is 32.1. The molecule has 3 aromatic rings. The molecule has 25 heavy (non-hydrogen) atoms. The number of amides is 1. The van der Waals surface area contributed by atoms with E-state index in [0.29, 0.717) is 4.88 Å². The molecule has 0 bridgehead atoms. The van der Waals surface area contributed by atoms with Crippen LogP contribution in [0.1, 0.15) is 27.2 Å². The number of nitrogens with one attached hydrogen (secondary N) is 1. The minimum absolute atomic E-state index is 0.0429. The molecule has 1 aromatic heterocycles. The molecule has 1 N–H and O–H groups in total. The standard InChI is InChI=1S/C21H18FNOS/c22-17-8-5-15(6-9-17)19-11-12-25-20(19)21(24)23-18-10-7-14-3-1-2-4-16(14)13-18/h1-6,8-9,11-12,18H,7,10,13H2,(H,23,24). The number of rotatable bonds is 3. The van der Waals surface area contributed by atoms with Crippen LogP contribution in [0.4, 0.5) is 4.39 Å². The van der Waals surface area contributed by atoms with E-state index >= 15 is 0 Å². The Morgan fingerprint density at radius 1 is 1.04 bits per heavy atom. The van der Waals surface area contributed by atoms with Gasteiger partial charge in [0.1, 0.15) is 5.82 Å². The highest BCUT2D eigenvalue weighted by molar-refractivity contribution is 7.12. The zero-order valence-electron chi connectivity index (χ0n) is 13.7. The number of fused-ring (bicyclic) bond motifs is 1. The highest BCUT2D eigenvalue weighted by Crippen LogP contribution is 2.29. The molecule has 0 fully saturated rings. The maximum absolute atomic E-state index is 13.1. The first-order chi connectivity index (χ1) is 12.2. The van der Waals surface area contributed by atoms with Crippen LogP contribution in [0, 0.1) is 5.82 Å². The second kappa shape index (κ2) is 6.81. The van der Waals surface area contributed by atoms with Crippen molar-refractivity contribution in [1.29, 1.82) is 0 Å². The molecule has 2 nitrogen and oxygen atoms in total. The van der Waals surface area contributed by atoms with Crippen LogP contribution in [0.15, 0.2) is 60.0 Å². The molecule has 126 valence electrons. The number of halogens is 1. The average molecular weight is 351 g/mol. The number of hydrogen-bond donors (Lipinski definition) is 1. The lowest BCUT2D eigenvalue weighted by molar-refractivity contribution is 0.0938. The van der Waals surface area contributed by atoms with Crippen LogP contribution in [0.25, 0.3) is 11.1 Å². The van der Waals surface area contributed by atoms with Crippen molar-refractivity contribution in [3.05, 3.63) is 81.8 Å². The predicted molar refractivity (Wildman–Crippen MR) is 99.4 cm³/mol. The van der Waals surface area contributed by atoms with Gasteiger partial charge < -0.3 is 5.32 Å². The fourth-order valence-electron chi connectivity index (χ4n) is 3.41. The average Bonchev–Trinajstić information content (AvgIpc) is 3.12. The van der Waals surface area contributed by atoms with Crippen molar-refractivity contribution in [2.45, 2.75) is 25.3 Å². The van der Waals surface area contributed by atoms with Gasteiger partial charge in [-0.25, -0.2) is 4.39 Å². The molecule has 0 radical (unpaired) electrons. The molecule has 0 saturated carbocycles. The molecule has 2 aromatic carbocycles. The van der Waals surface area contributed by atoms with E-state index in [2.05, 4.69) is 29.6 Å². The Bertz CT molecular complexity index is 900. The highest BCUT2D eigenvalue weighted by Gasteiger charge is 2.22. The Kier molecular flexibility index (Phi) is 4.36. The summed E-state index contributed by atoms with van der Waals surface area (Å²) in [6.07, 6.45) is 2.83. The maximum Gasteiger partial charge on any atom is 0.262 e. The fraction of sp³-hybridized carbons (Fsp3) is 0.190. The van der Waals surface area contributed by atoms with Crippen LogP contribution in [-0.2, 0) is 12.8 Å². The van der Waals surface area contributed by atoms with Crippen molar-refractivity contribution in [2.75, 3.05) is 0 Å². The van der Waals surface area contributed by atoms with Crippen LogP contribution < -0.4 is 5.32 Å². The maximum atomic E-state index is 13.1. The van der Waals surface area contributed by atoms with Gasteiger partial charge >= 0.3 is 0 Å². The molecule has 1 aliphatic carbocycles. The molecule has 1 heterocycles. The summed E-state index contributed by atoms with van der Waals surface area (Å²) in [5.74, 6) is -0.315. The molecule has 0 saturated heterocycles. The third kappa shape index (κ3) is 3.35. The van der Waals surface area contributed by atoms with Gasteiger partial charge in [0.15, 0.2) is 0 Å². The van der Waals surface area contributed by atoms with E-state index in [1.165, 1.54) is 34.6 Å². The third-order valence-electron chi connectivity index (χ3n) is 4.71. The molecule has 1 atom stereocenters. The minimum Gasteiger partial charge on any atom is -0.348 e. The van der Waals surface area contributed by atoms with E-state index in [0.717, 1.165) is 30.4 Å². The summed E-state index contributed by atoms with van der Waals surface area (Å²) in [4.78, 5) is 13.5. The van der Waals surface area contributed by atoms with Crippen LogP contribution in [0.3, 0.4) is 0 Å². The van der Waals surface area contributed by atoms with Crippen LogP contribution in [-0.4, -0.2) is 11.9 Å². The number of hydrogen-bond acceptors (Lipinski definition) is 2. The summed E-state index contributed by atoms with van der Waals surface area (Å²) in [7, 11) is 0. The Hall–Kier alpha value is -2.46. The molecule has 4 rings (SSSR count). The third-order valence-corrected chi connectivity index (χ3v) is 5.62. The van der Waals surface area contributed by atoms with E-state index in [1.54, 1.807) is 12.1 Å². The van der Waals surface area contributed by atoms with Gasteiger partial charge in [0, 0.05) is 11.6 Å². The van der Waals surface area contributed by atoms with E-state index < -0.39 is 0 Å². The van der Waals surface area contributed by atoms with Gasteiger partial charge in [0.05, 0.1) is 4.88 Å². The summed E-state index contributed by atoms with van der Waals surface area (Å²) in [6.45, 7) is 0. The number of aryl methyl sites for hydroxylation is 1. The van der Waals surface area contributed by atoms with Gasteiger partial charge in [-0.15, -0.1) is 11.3 Å². The smallest absolute Gasteiger partial charge is 0.262 e. The monoisotopic (exact) mass is 351 g/mol. The van der Waals surface area contributed by atoms with Crippen molar-refractivity contribution < 1.29 is 9.18 Å². The fourth-order valence-corrected chi connectivity index (χ4v) is 4.23. The first-order valence-corrected chi connectivity index (χ1v) is 9.30. The molecular formula is C21H18FNOS. The number of benzene rings is 2. The van der Waals surface area contributed by atoms with Gasteiger partial charge in [0.2, 0.25) is 0 Å². The second-order valence-electron chi connectivity index (χ2n) is 6.35. The molecule has 1 unspecified atom stereocenters. The molecule has 1 amide bonds. The Morgan fingerprint density at radius 2 is 1.80 bits per heavy atom. The van der Waals surface area contributed by atoms with E-state index in [9.17, 15) is 9.18 Å². The normalized spacial score (nSPS) is 16.3. The Labute approximate surface area is 150 Å². The lowest BCUT2D eigenvalue weighted by Crippen LogP contribution is -2.38. The van der Waals surface area contributed by atoms with Crippen LogP contribution in [0.5, 0.6) is 0 Å². The lowest BCUT2D eigenvalue weighted by Gasteiger charge is -2.25. The lowest BCUT2D eigenvalue weighted by atomic mass is 9.88. The zero-order chi connectivity index (χ0) is 17.2. The van der Waals surface area contributed by atoms with Crippen molar-refractivity contribution >= 4 is 17.2 Å². The van der Waals surface area contributed by atoms with Gasteiger partial charge in [-0.3, -0.25) is 4.79 Å². The van der Waals surface area contributed by atoms with E-state index in [1.807, 2.05) is 11.4 Å². The topological polar surface area (TPSA) is 29.1 Å². The van der Waals surface area contributed by atoms with Crippen molar-refractivity contribution in [3.63, 3.8) is 0 Å². The first-order valence-electron chi connectivity index (χ1n) is 8.42. The number of thiophene rings is 1. The van der Waals surface area contributed by atoms with E-state index in [4.69, 9.17) is 0 Å². The summed E-state index contributed by atoms with van der Waals surface area (Å²) in [5, 5.41) is 5.09. The number of carbonyl (C=O) groups is 1. The van der Waals surface area contributed by atoms with Crippen molar-refractivity contribution in [1.82, 2.24) is 5.32 Å². The summed E-state index contributed by atoms with van der Waals surface area (Å²) in [5.41, 5.74) is 4.43. The summed E-state index contributed by atoms with van der Waals surface area (Å²) in [6, 6.07) is 16.8. The van der Waals surface area contributed by atoms with Crippen LogP contribution in [0.2, 0.25) is 0 Å². The van der Waals surface area contributed by atoms with Crippen LogP contribution >= 0.6 is 11.3 Å². The second-order valence-corrected chi connectivity index (χ2v) is 7.27. The number of carbonyl (C=O) groups excluding carboxylic acids is 1. The predicted octanol–water partition coefficient (Wildman–Crippen LogP) is 4.84. The van der Waals surface area contributed by atoms with Gasteiger partial charge in [0.25, 0.3) is 5.91 Å².